The minimum absolute atomic E-state index is 0.174. The summed E-state index contributed by atoms with van der Waals surface area (Å²) in [5.41, 5.74) is 4.23. The summed E-state index contributed by atoms with van der Waals surface area (Å²) >= 11 is 6.23. The number of H-pyrrole nitrogens is 1. The predicted octanol–water partition coefficient (Wildman–Crippen LogP) is 5.32. The van der Waals surface area contributed by atoms with E-state index in [4.69, 9.17) is 21.1 Å². The number of hydrogen-bond acceptors (Lipinski definition) is 3. The summed E-state index contributed by atoms with van der Waals surface area (Å²) in [7, 11) is 1.64. The van der Waals surface area contributed by atoms with Gasteiger partial charge in [0.05, 0.1) is 13.2 Å². The Morgan fingerprint density at radius 1 is 1.21 bits per heavy atom. The average Bonchev–Trinajstić information content (AvgIpc) is 3.04. The summed E-state index contributed by atoms with van der Waals surface area (Å²) in [6.07, 6.45) is 0.264. The fraction of sp³-hybridized carbons (Fsp3) is 0.318. The molecule has 146 valence electrons. The van der Waals surface area contributed by atoms with Crippen LogP contribution in [0.5, 0.6) is 5.75 Å². The van der Waals surface area contributed by atoms with E-state index >= 15 is 0 Å². The van der Waals surface area contributed by atoms with Crippen LogP contribution in [0.4, 0.5) is 4.79 Å². The highest BCUT2D eigenvalue weighted by atomic mass is 35.5. The normalized spacial score (nSPS) is 16.3. The summed E-state index contributed by atoms with van der Waals surface area (Å²) in [6.45, 7) is 4.30. The Kier molecular flexibility index (Phi) is 4.94. The number of fused-ring (bicyclic) bond motifs is 3. The SMILES string of the molecule is COc1ccc(C2c3[nH]c4ccc(Cl)cc4c3CCN2C(=O)OC(C)C)cc1. The van der Waals surface area contributed by atoms with Crippen molar-refractivity contribution < 1.29 is 14.3 Å². The van der Waals surface area contributed by atoms with Crippen molar-refractivity contribution in [1.82, 2.24) is 9.88 Å². The van der Waals surface area contributed by atoms with Gasteiger partial charge in [-0.25, -0.2) is 4.79 Å². The van der Waals surface area contributed by atoms with E-state index in [1.54, 1.807) is 12.0 Å². The van der Waals surface area contributed by atoms with Gasteiger partial charge >= 0.3 is 6.09 Å². The first kappa shape index (κ1) is 18.7. The summed E-state index contributed by atoms with van der Waals surface area (Å²) in [5.74, 6) is 0.777. The topological polar surface area (TPSA) is 54.6 Å². The zero-order chi connectivity index (χ0) is 19.8. The lowest BCUT2D eigenvalue weighted by molar-refractivity contribution is 0.0655. The molecule has 1 amide bonds. The maximum Gasteiger partial charge on any atom is 0.410 e. The van der Waals surface area contributed by atoms with Crippen LogP contribution in [0.25, 0.3) is 10.9 Å². The molecule has 0 saturated heterocycles. The summed E-state index contributed by atoms with van der Waals surface area (Å²) in [6, 6.07) is 13.4. The van der Waals surface area contributed by atoms with Gasteiger partial charge in [-0.05, 0) is 61.7 Å². The van der Waals surface area contributed by atoms with Crippen LogP contribution in [0.1, 0.15) is 36.7 Å². The molecule has 1 atom stereocenters. The number of halogens is 1. The Morgan fingerprint density at radius 2 is 1.96 bits per heavy atom. The van der Waals surface area contributed by atoms with E-state index in [0.29, 0.717) is 11.6 Å². The average molecular weight is 399 g/mol. The molecule has 1 aliphatic heterocycles. The van der Waals surface area contributed by atoms with Gasteiger partial charge in [0, 0.05) is 28.2 Å². The molecule has 5 nitrogen and oxygen atoms in total. The van der Waals surface area contributed by atoms with E-state index < -0.39 is 0 Å². The summed E-state index contributed by atoms with van der Waals surface area (Å²) in [5, 5.41) is 1.81. The molecule has 28 heavy (non-hydrogen) atoms. The Hall–Kier alpha value is -2.66. The minimum atomic E-state index is -0.307. The highest BCUT2D eigenvalue weighted by Crippen LogP contribution is 2.39. The van der Waals surface area contributed by atoms with E-state index in [2.05, 4.69) is 4.98 Å². The molecule has 3 aromatic rings. The third-order valence-corrected chi connectivity index (χ3v) is 5.33. The van der Waals surface area contributed by atoms with E-state index in [0.717, 1.165) is 34.3 Å². The number of carbonyl (C=O) groups is 1. The monoisotopic (exact) mass is 398 g/mol. The lowest BCUT2D eigenvalue weighted by atomic mass is 9.92. The van der Waals surface area contributed by atoms with Crippen LogP contribution >= 0.6 is 11.6 Å². The largest absolute Gasteiger partial charge is 0.497 e. The van der Waals surface area contributed by atoms with Crippen LogP contribution in [-0.2, 0) is 11.2 Å². The van der Waals surface area contributed by atoms with Crippen LogP contribution in [0.2, 0.25) is 5.02 Å². The Labute approximate surface area is 169 Å². The van der Waals surface area contributed by atoms with Gasteiger partial charge in [-0.15, -0.1) is 0 Å². The maximum atomic E-state index is 12.8. The van der Waals surface area contributed by atoms with Crippen LogP contribution in [-0.4, -0.2) is 35.7 Å². The molecular weight excluding hydrogens is 376 g/mol. The maximum absolute atomic E-state index is 12.8. The van der Waals surface area contributed by atoms with Crippen molar-refractivity contribution in [3.63, 3.8) is 0 Å². The lowest BCUT2D eigenvalue weighted by Crippen LogP contribution is -2.41. The number of aromatic nitrogens is 1. The second-order valence-electron chi connectivity index (χ2n) is 7.26. The van der Waals surface area contributed by atoms with Crippen molar-refractivity contribution in [2.45, 2.75) is 32.4 Å². The summed E-state index contributed by atoms with van der Waals surface area (Å²) in [4.78, 5) is 18.2. The smallest absolute Gasteiger partial charge is 0.410 e. The lowest BCUT2D eigenvalue weighted by Gasteiger charge is -2.35. The van der Waals surface area contributed by atoms with Gasteiger partial charge in [0.15, 0.2) is 0 Å². The standard InChI is InChI=1S/C22H23ClN2O3/c1-13(2)28-22(26)25-11-10-17-18-12-15(23)6-9-19(18)24-20(17)21(25)14-4-7-16(27-3)8-5-14/h4-9,12-13,21,24H,10-11H2,1-3H3. The molecule has 0 fully saturated rings. The predicted molar refractivity (Wildman–Crippen MR) is 110 cm³/mol. The third kappa shape index (κ3) is 3.31. The quantitative estimate of drug-likeness (QED) is 0.649. The minimum Gasteiger partial charge on any atom is -0.497 e. The second-order valence-corrected chi connectivity index (χ2v) is 7.70. The van der Waals surface area contributed by atoms with E-state index in [1.165, 1.54) is 5.56 Å². The molecule has 4 rings (SSSR count). The number of ether oxygens (including phenoxy) is 2. The van der Waals surface area contributed by atoms with Crippen molar-refractivity contribution in [3.05, 3.63) is 64.3 Å². The van der Waals surface area contributed by atoms with Crippen LogP contribution < -0.4 is 4.74 Å². The fourth-order valence-electron chi connectivity index (χ4n) is 3.86. The first-order valence-electron chi connectivity index (χ1n) is 9.39. The number of benzene rings is 2. The van der Waals surface area contributed by atoms with E-state index in [-0.39, 0.29) is 18.2 Å². The molecule has 2 aromatic carbocycles. The van der Waals surface area contributed by atoms with Crippen LogP contribution in [0.15, 0.2) is 42.5 Å². The van der Waals surface area contributed by atoms with Gasteiger partial charge < -0.3 is 14.5 Å². The zero-order valence-electron chi connectivity index (χ0n) is 16.2. The molecule has 0 bridgehead atoms. The van der Waals surface area contributed by atoms with Crippen molar-refractivity contribution in [2.75, 3.05) is 13.7 Å². The number of rotatable bonds is 3. The number of aromatic amines is 1. The number of amides is 1. The molecule has 1 N–H and O–H groups in total. The number of hydrogen-bond donors (Lipinski definition) is 1. The number of nitrogens with zero attached hydrogens (tertiary/aromatic N) is 1. The molecular formula is C22H23ClN2O3. The van der Waals surface area contributed by atoms with Crippen molar-refractivity contribution in [2.24, 2.45) is 0 Å². The van der Waals surface area contributed by atoms with Gasteiger partial charge in [-0.1, -0.05) is 23.7 Å². The number of nitrogens with one attached hydrogen (secondary N) is 1. The third-order valence-electron chi connectivity index (χ3n) is 5.09. The second kappa shape index (κ2) is 7.40. The summed E-state index contributed by atoms with van der Waals surface area (Å²) < 4.78 is 10.8. The molecule has 1 aliphatic rings. The van der Waals surface area contributed by atoms with Gasteiger partial charge in [0.1, 0.15) is 11.8 Å². The molecule has 1 aromatic heterocycles. The first-order valence-corrected chi connectivity index (χ1v) is 9.77. The highest BCUT2D eigenvalue weighted by Gasteiger charge is 2.35. The Balaban J connectivity index is 1.84. The zero-order valence-corrected chi connectivity index (χ0v) is 16.9. The van der Waals surface area contributed by atoms with Gasteiger partial charge in [-0.2, -0.15) is 0 Å². The van der Waals surface area contributed by atoms with E-state index in [1.807, 2.05) is 56.3 Å². The van der Waals surface area contributed by atoms with Crippen LogP contribution in [0, 0.1) is 0 Å². The van der Waals surface area contributed by atoms with E-state index in [9.17, 15) is 4.79 Å². The molecule has 0 spiro atoms. The molecule has 0 saturated carbocycles. The number of carbonyl (C=O) groups excluding carboxylic acids is 1. The van der Waals surface area contributed by atoms with Crippen molar-refractivity contribution in [3.8, 4) is 5.75 Å². The fourth-order valence-corrected chi connectivity index (χ4v) is 4.03. The van der Waals surface area contributed by atoms with Gasteiger partial charge in [-0.3, -0.25) is 4.90 Å². The number of methoxy groups -OCH3 is 1. The molecule has 0 radical (unpaired) electrons. The first-order chi connectivity index (χ1) is 13.5. The molecule has 2 heterocycles. The molecule has 6 heteroatoms. The van der Waals surface area contributed by atoms with Crippen LogP contribution in [0.3, 0.4) is 0 Å². The Bertz CT molecular complexity index is 1010. The molecule has 1 unspecified atom stereocenters. The molecule has 0 aliphatic carbocycles. The van der Waals surface area contributed by atoms with Gasteiger partial charge in [0.25, 0.3) is 0 Å². The van der Waals surface area contributed by atoms with Crippen molar-refractivity contribution >= 4 is 28.6 Å². The van der Waals surface area contributed by atoms with Gasteiger partial charge in [0.2, 0.25) is 0 Å². The Morgan fingerprint density at radius 3 is 2.64 bits per heavy atom. The van der Waals surface area contributed by atoms with Crippen molar-refractivity contribution in [1.29, 1.82) is 0 Å². The highest BCUT2D eigenvalue weighted by molar-refractivity contribution is 6.31.